The Morgan fingerprint density at radius 3 is 2.70 bits per heavy atom. The molecule has 0 saturated carbocycles. The van der Waals surface area contributed by atoms with Crippen LogP contribution < -0.4 is 5.73 Å². The molecule has 0 unspecified atom stereocenters. The minimum Gasteiger partial charge on any atom is -0.398 e. The number of hydrogen-bond acceptors (Lipinski definition) is 1. The molecule has 0 heterocycles. The van der Waals surface area contributed by atoms with Crippen LogP contribution in [0.1, 0.15) is 19.5 Å². The summed E-state index contributed by atoms with van der Waals surface area (Å²) >= 11 is 0. The maximum atomic E-state index is 5.73. The van der Waals surface area contributed by atoms with Crippen molar-refractivity contribution >= 4 is 5.69 Å². The summed E-state index contributed by atoms with van der Waals surface area (Å²) in [6, 6.07) is 6.19. The molecule has 0 amide bonds. The summed E-state index contributed by atoms with van der Waals surface area (Å²) in [5.41, 5.74) is 9.12. The summed E-state index contributed by atoms with van der Waals surface area (Å²) in [7, 11) is 0. The molecule has 10 heavy (non-hydrogen) atoms. The van der Waals surface area contributed by atoms with Crippen molar-refractivity contribution in [2.75, 3.05) is 5.73 Å². The van der Waals surface area contributed by atoms with E-state index >= 15 is 0 Å². The van der Waals surface area contributed by atoms with E-state index in [0.29, 0.717) is 0 Å². The smallest absolute Gasteiger partial charge is 0.0349 e. The topological polar surface area (TPSA) is 26.0 Å². The molecule has 0 radical (unpaired) electrons. The van der Waals surface area contributed by atoms with Crippen molar-refractivity contribution in [2.45, 2.75) is 20.3 Å². The van der Waals surface area contributed by atoms with Crippen LogP contribution in [0.15, 0.2) is 18.2 Å². The number of nitrogens with two attached hydrogens (primary N) is 1. The lowest BCUT2D eigenvalue weighted by Crippen LogP contribution is -1.92. The Morgan fingerprint density at radius 2 is 2.20 bits per heavy atom. The highest BCUT2D eigenvalue weighted by atomic mass is 14.6. The van der Waals surface area contributed by atoms with E-state index in [1.54, 1.807) is 0 Å². The molecule has 0 aliphatic heterocycles. The third-order valence-corrected chi connectivity index (χ3v) is 1.68. The number of benzene rings is 1. The summed E-state index contributed by atoms with van der Waals surface area (Å²) in [6.07, 6.45) is 1.02. The molecule has 0 aliphatic rings. The molecule has 0 atom stereocenters. The minimum absolute atomic E-state index is 0. The molecule has 1 rings (SSSR count). The van der Waals surface area contributed by atoms with E-state index in [0.717, 1.165) is 12.1 Å². The molecule has 1 nitrogen and oxygen atoms in total. The van der Waals surface area contributed by atoms with Gasteiger partial charge >= 0.3 is 0 Å². The molecule has 0 fully saturated rings. The van der Waals surface area contributed by atoms with Crippen molar-refractivity contribution < 1.29 is 1.43 Å². The van der Waals surface area contributed by atoms with Crippen molar-refractivity contribution in [1.29, 1.82) is 0 Å². The maximum Gasteiger partial charge on any atom is 0.0349 e. The lowest BCUT2D eigenvalue weighted by Gasteiger charge is -2.01. The van der Waals surface area contributed by atoms with Crippen LogP contribution in [-0.4, -0.2) is 0 Å². The van der Waals surface area contributed by atoms with Crippen LogP contribution in [0.25, 0.3) is 0 Å². The van der Waals surface area contributed by atoms with Crippen molar-refractivity contribution in [2.24, 2.45) is 0 Å². The number of nitrogen functional groups attached to an aromatic ring is 1. The molecule has 0 aromatic heterocycles. The highest BCUT2D eigenvalue weighted by Gasteiger charge is 1.93. The van der Waals surface area contributed by atoms with Gasteiger partial charge in [-0.3, -0.25) is 0 Å². The normalized spacial score (nSPS) is 9.80. The molecule has 1 heteroatoms. The first-order valence-electron chi connectivity index (χ1n) is 3.59. The quantitative estimate of drug-likeness (QED) is 0.591. The van der Waals surface area contributed by atoms with E-state index < -0.39 is 0 Å². The van der Waals surface area contributed by atoms with Crippen LogP contribution in [0.5, 0.6) is 0 Å². The fraction of sp³-hybridized carbons (Fsp3) is 0.333. The zero-order valence-electron chi connectivity index (χ0n) is 6.52. The van der Waals surface area contributed by atoms with Crippen molar-refractivity contribution in [3.8, 4) is 0 Å². The van der Waals surface area contributed by atoms with E-state index in [1.165, 1.54) is 11.1 Å². The molecule has 1 aromatic rings. The van der Waals surface area contributed by atoms with E-state index in [1.807, 2.05) is 6.07 Å². The molecular formula is C9H15N. The third kappa shape index (κ3) is 1.29. The average molecular weight is 137 g/mol. The highest BCUT2D eigenvalue weighted by molar-refractivity contribution is 5.48. The second-order valence-corrected chi connectivity index (χ2v) is 2.56. The van der Waals surface area contributed by atoms with Crippen molar-refractivity contribution in [3.63, 3.8) is 0 Å². The Labute approximate surface area is 63.4 Å². The Bertz CT molecular complexity index is 233. The predicted octanol–water partition coefficient (Wildman–Crippen LogP) is 2.39. The fourth-order valence-electron chi connectivity index (χ4n) is 1.04. The van der Waals surface area contributed by atoms with Gasteiger partial charge in [-0.25, -0.2) is 0 Å². The highest BCUT2D eigenvalue weighted by Crippen LogP contribution is 2.13. The summed E-state index contributed by atoms with van der Waals surface area (Å²) < 4.78 is 0. The molecule has 0 aliphatic carbocycles. The zero-order chi connectivity index (χ0) is 7.56. The van der Waals surface area contributed by atoms with Crippen molar-refractivity contribution in [1.82, 2.24) is 0 Å². The second-order valence-electron chi connectivity index (χ2n) is 2.56. The standard InChI is InChI=1S/C9H13N.H2/c1-3-8-5-4-7(2)6-9(8)10;/h4-6H,3,10H2,1-2H3;1H. The van der Waals surface area contributed by atoms with Gasteiger partial charge < -0.3 is 5.73 Å². The average Bonchev–Trinajstić information content (AvgIpc) is 1.88. The van der Waals surface area contributed by atoms with Gasteiger partial charge in [0.05, 0.1) is 0 Å². The molecule has 0 spiro atoms. The molecule has 56 valence electrons. The van der Waals surface area contributed by atoms with E-state index in [2.05, 4.69) is 26.0 Å². The Morgan fingerprint density at radius 1 is 1.50 bits per heavy atom. The van der Waals surface area contributed by atoms with Crippen LogP contribution in [0, 0.1) is 6.92 Å². The monoisotopic (exact) mass is 137 g/mol. The summed E-state index contributed by atoms with van der Waals surface area (Å²) in [6.45, 7) is 4.16. The molecule has 2 N–H and O–H groups in total. The van der Waals surface area contributed by atoms with Crippen LogP contribution in [0.2, 0.25) is 0 Å². The third-order valence-electron chi connectivity index (χ3n) is 1.68. The minimum atomic E-state index is 0. The number of rotatable bonds is 1. The van der Waals surface area contributed by atoms with Gasteiger partial charge in [0.15, 0.2) is 0 Å². The van der Waals surface area contributed by atoms with Gasteiger partial charge in [0, 0.05) is 7.11 Å². The molecular weight excluding hydrogens is 122 g/mol. The molecule has 0 saturated heterocycles. The van der Waals surface area contributed by atoms with E-state index in [9.17, 15) is 0 Å². The van der Waals surface area contributed by atoms with E-state index in [-0.39, 0.29) is 1.43 Å². The largest absolute Gasteiger partial charge is 0.398 e. The van der Waals surface area contributed by atoms with Gasteiger partial charge in [0.25, 0.3) is 0 Å². The molecule has 0 bridgehead atoms. The van der Waals surface area contributed by atoms with E-state index in [4.69, 9.17) is 5.73 Å². The predicted molar refractivity (Wildman–Crippen MR) is 47.1 cm³/mol. The van der Waals surface area contributed by atoms with Crippen LogP contribution in [-0.2, 0) is 6.42 Å². The van der Waals surface area contributed by atoms with Crippen molar-refractivity contribution in [3.05, 3.63) is 29.3 Å². The first-order valence-corrected chi connectivity index (χ1v) is 3.59. The maximum absolute atomic E-state index is 5.73. The van der Waals surface area contributed by atoms with Crippen LogP contribution >= 0.6 is 0 Å². The SMILES string of the molecule is CCc1ccc(C)cc1N.[HH]. The zero-order valence-corrected chi connectivity index (χ0v) is 6.52. The van der Waals surface area contributed by atoms with Gasteiger partial charge in [-0.05, 0) is 30.5 Å². The Kier molecular flexibility index (Phi) is 1.95. The summed E-state index contributed by atoms with van der Waals surface area (Å²) in [4.78, 5) is 0. The van der Waals surface area contributed by atoms with Gasteiger partial charge in [-0.1, -0.05) is 19.1 Å². The van der Waals surface area contributed by atoms with Gasteiger partial charge in [0.1, 0.15) is 0 Å². The van der Waals surface area contributed by atoms with Gasteiger partial charge in [-0.15, -0.1) is 0 Å². The molecule has 1 aromatic carbocycles. The summed E-state index contributed by atoms with van der Waals surface area (Å²) in [5.74, 6) is 0. The Hall–Kier alpha value is -0.980. The number of anilines is 1. The first-order chi connectivity index (χ1) is 4.74. The summed E-state index contributed by atoms with van der Waals surface area (Å²) in [5, 5.41) is 0. The van der Waals surface area contributed by atoms with Gasteiger partial charge in [-0.2, -0.15) is 0 Å². The lowest BCUT2D eigenvalue weighted by atomic mass is 10.1. The number of hydrogen-bond donors (Lipinski definition) is 1. The fourth-order valence-corrected chi connectivity index (χ4v) is 1.04. The second kappa shape index (κ2) is 2.74. The lowest BCUT2D eigenvalue weighted by molar-refractivity contribution is 1.14. The number of aryl methyl sites for hydroxylation is 2. The van der Waals surface area contributed by atoms with Crippen LogP contribution in [0.3, 0.4) is 0 Å². The first kappa shape index (κ1) is 7.13. The van der Waals surface area contributed by atoms with Gasteiger partial charge in [0.2, 0.25) is 0 Å². The van der Waals surface area contributed by atoms with Crippen LogP contribution in [0.4, 0.5) is 5.69 Å². The Balaban J connectivity index is 0.000001000.